The van der Waals surface area contributed by atoms with E-state index in [0.717, 1.165) is 25.8 Å². The van der Waals surface area contributed by atoms with Crippen molar-refractivity contribution in [2.45, 2.75) is 38.1 Å². The first-order valence-corrected chi connectivity index (χ1v) is 7.32. The van der Waals surface area contributed by atoms with Gasteiger partial charge in [0.2, 0.25) is 0 Å². The van der Waals surface area contributed by atoms with Gasteiger partial charge >= 0.3 is 6.09 Å². The van der Waals surface area contributed by atoms with Crippen molar-refractivity contribution in [2.24, 2.45) is 0 Å². The number of amides is 1. The van der Waals surface area contributed by atoms with Crippen LogP contribution in [-0.2, 0) is 4.74 Å². The summed E-state index contributed by atoms with van der Waals surface area (Å²) < 4.78 is 4.95. The Morgan fingerprint density at radius 2 is 2.16 bits per heavy atom. The van der Waals surface area contributed by atoms with Crippen LogP contribution < -0.4 is 0 Å². The maximum Gasteiger partial charge on any atom is 0.411 e. The smallest absolute Gasteiger partial charge is 0.411 e. The highest BCUT2D eigenvalue weighted by molar-refractivity contribution is 6.17. The van der Waals surface area contributed by atoms with Crippen LogP contribution in [0.25, 0.3) is 0 Å². The highest BCUT2D eigenvalue weighted by Gasteiger charge is 2.32. The number of carbonyl (C=O) groups is 1. The number of alkyl halides is 1. The summed E-state index contributed by atoms with van der Waals surface area (Å²) in [5.41, 5.74) is 1.26. The molecule has 2 atom stereocenters. The van der Waals surface area contributed by atoms with E-state index in [2.05, 4.69) is 19.1 Å². The van der Waals surface area contributed by atoms with Gasteiger partial charge < -0.3 is 9.64 Å². The highest BCUT2D eigenvalue weighted by atomic mass is 35.5. The Labute approximate surface area is 119 Å². The van der Waals surface area contributed by atoms with E-state index in [4.69, 9.17) is 16.3 Å². The van der Waals surface area contributed by atoms with Gasteiger partial charge in [-0.15, -0.1) is 0 Å². The zero-order valence-corrected chi connectivity index (χ0v) is 12.0. The summed E-state index contributed by atoms with van der Waals surface area (Å²) in [6, 6.07) is 10.4. The molecule has 1 aromatic carbocycles. The van der Waals surface area contributed by atoms with Crippen LogP contribution in [0.5, 0.6) is 0 Å². The Morgan fingerprint density at radius 1 is 1.42 bits per heavy atom. The summed E-state index contributed by atoms with van der Waals surface area (Å²) in [6.45, 7) is 2.93. The summed E-state index contributed by atoms with van der Waals surface area (Å²) >= 11 is 5.49. The molecule has 0 bridgehead atoms. The van der Waals surface area contributed by atoms with E-state index >= 15 is 0 Å². The van der Waals surface area contributed by atoms with Crippen molar-refractivity contribution in [1.82, 2.24) is 4.90 Å². The lowest BCUT2D eigenvalue weighted by molar-refractivity contribution is 0.0782. The second-order valence-corrected chi connectivity index (χ2v) is 5.19. The highest BCUT2D eigenvalue weighted by Crippen LogP contribution is 2.30. The minimum atomic E-state index is -0.289. The van der Waals surface area contributed by atoms with Gasteiger partial charge in [-0.2, -0.15) is 0 Å². The number of hydrogen-bond donors (Lipinski definition) is 0. The summed E-state index contributed by atoms with van der Waals surface area (Å²) in [5.74, 6) is 0.310. The summed E-state index contributed by atoms with van der Waals surface area (Å²) in [5, 5.41) is 0. The van der Waals surface area contributed by atoms with Crippen LogP contribution in [0.3, 0.4) is 0 Å². The fourth-order valence-corrected chi connectivity index (χ4v) is 2.91. The lowest BCUT2D eigenvalue weighted by atomic mass is 9.87. The first-order valence-electron chi connectivity index (χ1n) is 6.78. The summed E-state index contributed by atoms with van der Waals surface area (Å²) in [4.78, 5) is 13.8. The molecule has 1 amide bonds. The molecular formula is C15H20ClNO2. The van der Waals surface area contributed by atoms with E-state index in [1.807, 2.05) is 23.1 Å². The fraction of sp³-hybridized carbons (Fsp3) is 0.533. The Kier molecular flexibility index (Phi) is 5.08. The average Bonchev–Trinajstić information content (AvgIpc) is 2.47. The van der Waals surface area contributed by atoms with E-state index in [-0.39, 0.29) is 18.2 Å². The van der Waals surface area contributed by atoms with Gasteiger partial charge in [0.15, 0.2) is 6.07 Å². The molecule has 104 valence electrons. The molecule has 1 unspecified atom stereocenters. The zero-order chi connectivity index (χ0) is 13.7. The number of likely N-dealkylation sites (tertiary alicyclic amines) is 1. The molecule has 0 aromatic heterocycles. The van der Waals surface area contributed by atoms with Crippen LogP contribution >= 0.6 is 11.6 Å². The largest absolute Gasteiger partial charge is 0.433 e. The molecule has 1 fully saturated rings. The van der Waals surface area contributed by atoms with Crippen molar-refractivity contribution in [1.29, 1.82) is 0 Å². The lowest BCUT2D eigenvalue weighted by Gasteiger charge is -2.38. The molecule has 0 aliphatic carbocycles. The van der Waals surface area contributed by atoms with Crippen molar-refractivity contribution in [3.05, 3.63) is 35.9 Å². The number of piperidine rings is 1. The van der Waals surface area contributed by atoms with Gasteiger partial charge in [0.25, 0.3) is 0 Å². The normalized spacial score (nSPS) is 20.9. The Morgan fingerprint density at radius 3 is 2.84 bits per heavy atom. The third-order valence-electron chi connectivity index (χ3n) is 3.86. The number of hydrogen-bond acceptors (Lipinski definition) is 2. The average molecular weight is 282 g/mol. The van der Waals surface area contributed by atoms with Gasteiger partial charge in [-0.1, -0.05) is 48.9 Å². The third kappa shape index (κ3) is 3.41. The van der Waals surface area contributed by atoms with Gasteiger partial charge in [-0.05, 0) is 24.8 Å². The van der Waals surface area contributed by atoms with Gasteiger partial charge in [-0.25, -0.2) is 4.79 Å². The molecule has 1 saturated heterocycles. The second kappa shape index (κ2) is 6.80. The van der Waals surface area contributed by atoms with Crippen LogP contribution in [0.4, 0.5) is 4.79 Å². The monoisotopic (exact) mass is 281 g/mol. The number of carbonyl (C=O) groups excluding carboxylic acids is 1. The van der Waals surface area contributed by atoms with E-state index in [9.17, 15) is 4.79 Å². The number of ether oxygens (including phenoxy) is 1. The molecule has 0 N–H and O–H groups in total. The maximum atomic E-state index is 12.0. The van der Waals surface area contributed by atoms with Crippen molar-refractivity contribution < 1.29 is 9.53 Å². The standard InChI is InChI=1S/C15H20ClNO2/c1-12(13-7-3-2-4-8-13)14-9-5-6-10-17(14)15(18)19-11-16/h2-4,7-8,12,14H,5-6,9-11H2,1H3/t12-,14?/m1/s1. The SMILES string of the molecule is C[C@H](c1ccccc1)C1CCCCN1C(=O)OCCl. The van der Waals surface area contributed by atoms with Crippen LogP contribution in [-0.4, -0.2) is 29.6 Å². The molecule has 0 radical (unpaired) electrons. The Balaban J connectivity index is 2.13. The molecule has 0 saturated carbocycles. The molecule has 0 spiro atoms. The first kappa shape index (κ1) is 14.2. The topological polar surface area (TPSA) is 29.5 Å². The minimum absolute atomic E-state index is 0.0816. The van der Waals surface area contributed by atoms with E-state index in [0.29, 0.717) is 5.92 Å². The van der Waals surface area contributed by atoms with Crippen LogP contribution in [0.2, 0.25) is 0 Å². The van der Waals surface area contributed by atoms with Gasteiger partial charge in [0, 0.05) is 18.5 Å². The molecule has 4 heteroatoms. The predicted octanol–water partition coefficient (Wildman–Crippen LogP) is 3.98. The Bertz CT molecular complexity index is 410. The summed E-state index contributed by atoms with van der Waals surface area (Å²) in [7, 11) is 0. The van der Waals surface area contributed by atoms with Gasteiger partial charge in [0.05, 0.1) is 0 Å². The number of benzene rings is 1. The number of rotatable bonds is 3. The first-order chi connectivity index (χ1) is 9.24. The third-order valence-corrected chi connectivity index (χ3v) is 3.97. The zero-order valence-electron chi connectivity index (χ0n) is 11.2. The molecule has 1 heterocycles. The molecule has 1 aliphatic rings. The van der Waals surface area contributed by atoms with Crippen LogP contribution in [0.15, 0.2) is 30.3 Å². The predicted molar refractivity (Wildman–Crippen MR) is 76.4 cm³/mol. The molecule has 19 heavy (non-hydrogen) atoms. The molecular weight excluding hydrogens is 262 g/mol. The number of nitrogens with zero attached hydrogens (tertiary/aromatic N) is 1. The lowest BCUT2D eigenvalue weighted by Crippen LogP contribution is -2.46. The Hall–Kier alpha value is -1.22. The minimum Gasteiger partial charge on any atom is -0.433 e. The molecule has 1 aliphatic heterocycles. The van der Waals surface area contributed by atoms with Gasteiger partial charge in [-0.3, -0.25) is 0 Å². The molecule has 1 aromatic rings. The van der Waals surface area contributed by atoms with E-state index < -0.39 is 0 Å². The van der Waals surface area contributed by atoms with E-state index in [1.165, 1.54) is 5.56 Å². The van der Waals surface area contributed by atoms with Gasteiger partial charge in [0.1, 0.15) is 0 Å². The quantitative estimate of drug-likeness (QED) is 0.785. The van der Waals surface area contributed by atoms with Crippen molar-refractivity contribution in [3.63, 3.8) is 0 Å². The van der Waals surface area contributed by atoms with E-state index in [1.54, 1.807) is 0 Å². The molecule has 3 nitrogen and oxygen atoms in total. The van der Waals surface area contributed by atoms with Crippen molar-refractivity contribution in [2.75, 3.05) is 12.6 Å². The molecule has 2 rings (SSSR count). The second-order valence-electron chi connectivity index (χ2n) is 4.98. The maximum absolute atomic E-state index is 12.0. The summed E-state index contributed by atoms with van der Waals surface area (Å²) in [6.07, 6.45) is 2.93. The van der Waals surface area contributed by atoms with Crippen molar-refractivity contribution >= 4 is 17.7 Å². The van der Waals surface area contributed by atoms with Crippen LogP contribution in [0.1, 0.15) is 37.7 Å². The fourth-order valence-electron chi connectivity index (χ4n) is 2.81. The van der Waals surface area contributed by atoms with Crippen molar-refractivity contribution in [3.8, 4) is 0 Å². The van der Waals surface area contributed by atoms with Crippen LogP contribution in [0, 0.1) is 0 Å². The number of halogens is 1.